The lowest BCUT2D eigenvalue weighted by molar-refractivity contribution is -0.384. The topological polar surface area (TPSA) is 98.3 Å². The largest absolute Gasteiger partial charge is 0.475 e. The quantitative estimate of drug-likeness (QED) is 0.652. The number of rotatable bonds is 5. The van der Waals surface area contributed by atoms with Crippen molar-refractivity contribution in [1.29, 1.82) is 0 Å². The smallest absolute Gasteiger partial charge is 0.372 e. The molecule has 0 bridgehead atoms. The molecule has 0 aliphatic heterocycles. The number of aryl methyl sites for hydroxylation is 2. The summed E-state index contributed by atoms with van der Waals surface area (Å²) in [5.41, 5.74) is 0.938. The van der Waals surface area contributed by atoms with Gasteiger partial charge in [-0.15, -0.1) is 0 Å². The van der Waals surface area contributed by atoms with Crippen molar-refractivity contribution in [1.82, 2.24) is 9.55 Å². The van der Waals surface area contributed by atoms with Gasteiger partial charge in [0.15, 0.2) is 0 Å². The minimum atomic E-state index is -1.08. The number of carboxylic acids is 1. The van der Waals surface area contributed by atoms with Gasteiger partial charge >= 0.3 is 5.97 Å². The van der Waals surface area contributed by atoms with Crippen LogP contribution in [0.25, 0.3) is 0 Å². The fourth-order valence-electron chi connectivity index (χ4n) is 1.72. The number of aromatic carboxylic acids is 1. The first-order valence-electron chi connectivity index (χ1n) is 5.55. The molecule has 0 radical (unpaired) electrons. The highest BCUT2D eigenvalue weighted by Crippen LogP contribution is 2.13. The average molecular weight is 261 g/mol. The van der Waals surface area contributed by atoms with Crippen LogP contribution in [0.3, 0.4) is 0 Å². The summed E-state index contributed by atoms with van der Waals surface area (Å²) in [7, 11) is 0. The maximum Gasteiger partial charge on any atom is 0.372 e. The number of aromatic nitrogens is 2. The van der Waals surface area contributed by atoms with Gasteiger partial charge < -0.3 is 9.67 Å². The van der Waals surface area contributed by atoms with Gasteiger partial charge in [0.25, 0.3) is 5.69 Å². The summed E-state index contributed by atoms with van der Waals surface area (Å²) in [5, 5.41) is 19.4. The summed E-state index contributed by atoms with van der Waals surface area (Å²) in [6.45, 7) is 0.458. The van der Waals surface area contributed by atoms with Crippen LogP contribution in [0.15, 0.2) is 36.7 Å². The highest BCUT2D eigenvalue weighted by Gasteiger charge is 2.10. The number of nitro groups is 1. The van der Waals surface area contributed by atoms with Gasteiger partial charge in [-0.25, -0.2) is 9.78 Å². The van der Waals surface area contributed by atoms with Crippen LogP contribution in [0.1, 0.15) is 16.2 Å². The van der Waals surface area contributed by atoms with Crippen molar-refractivity contribution < 1.29 is 14.8 Å². The summed E-state index contributed by atoms with van der Waals surface area (Å²) in [6.07, 6.45) is 3.60. The van der Waals surface area contributed by atoms with Crippen molar-refractivity contribution in [3.05, 3.63) is 58.2 Å². The molecule has 0 saturated carbocycles. The Labute approximate surface area is 108 Å². The molecule has 0 amide bonds. The Morgan fingerprint density at radius 2 is 2.05 bits per heavy atom. The zero-order valence-corrected chi connectivity index (χ0v) is 9.89. The number of carbonyl (C=O) groups is 1. The second kappa shape index (κ2) is 5.30. The molecule has 2 rings (SSSR count). The molecule has 1 heterocycles. The maximum atomic E-state index is 10.9. The Balaban J connectivity index is 2.04. The Morgan fingerprint density at radius 1 is 1.37 bits per heavy atom. The molecule has 7 nitrogen and oxygen atoms in total. The Kier molecular flexibility index (Phi) is 3.56. The first-order chi connectivity index (χ1) is 9.08. The Bertz CT molecular complexity index is 604. The SMILES string of the molecule is O=C(O)c1nccn1CCc1ccc([N+](=O)[O-])cc1. The van der Waals surface area contributed by atoms with Crippen LogP contribution < -0.4 is 0 Å². The van der Waals surface area contributed by atoms with Crippen molar-refractivity contribution in [3.63, 3.8) is 0 Å². The van der Waals surface area contributed by atoms with Crippen molar-refractivity contribution in [2.45, 2.75) is 13.0 Å². The first-order valence-corrected chi connectivity index (χ1v) is 5.55. The van der Waals surface area contributed by atoms with E-state index in [1.807, 2.05) is 0 Å². The van der Waals surface area contributed by atoms with E-state index in [-0.39, 0.29) is 11.5 Å². The van der Waals surface area contributed by atoms with E-state index < -0.39 is 10.9 Å². The number of imidazole rings is 1. The van der Waals surface area contributed by atoms with Crippen LogP contribution in [0.5, 0.6) is 0 Å². The molecule has 0 saturated heterocycles. The molecule has 2 aromatic rings. The number of carboxylic acid groups (broad SMARTS) is 1. The Morgan fingerprint density at radius 3 is 2.63 bits per heavy atom. The van der Waals surface area contributed by atoms with Crippen LogP contribution >= 0.6 is 0 Å². The lowest BCUT2D eigenvalue weighted by Gasteiger charge is -2.05. The highest BCUT2D eigenvalue weighted by molar-refractivity contribution is 5.83. The molecule has 7 heteroatoms. The van der Waals surface area contributed by atoms with E-state index in [0.717, 1.165) is 5.56 Å². The predicted octanol–water partition coefficient (Wildman–Crippen LogP) is 1.73. The molecule has 0 fully saturated rings. The average Bonchev–Trinajstić information content (AvgIpc) is 2.85. The molecular formula is C12H11N3O4. The van der Waals surface area contributed by atoms with Crippen molar-refractivity contribution >= 4 is 11.7 Å². The summed E-state index contributed by atoms with van der Waals surface area (Å²) < 4.78 is 1.53. The van der Waals surface area contributed by atoms with E-state index in [2.05, 4.69) is 4.98 Å². The summed E-state index contributed by atoms with van der Waals surface area (Å²) in [4.78, 5) is 24.6. The second-order valence-corrected chi connectivity index (χ2v) is 3.92. The summed E-state index contributed by atoms with van der Waals surface area (Å²) >= 11 is 0. The molecule has 0 atom stereocenters. The van der Waals surface area contributed by atoms with E-state index in [1.165, 1.54) is 22.9 Å². The normalized spacial score (nSPS) is 10.3. The van der Waals surface area contributed by atoms with Crippen LogP contribution in [0.4, 0.5) is 5.69 Å². The lowest BCUT2D eigenvalue weighted by atomic mass is 10.1. The van der Waals surface area contributed by atoms with Crippen LogP contribution in [-0.4, -0.2) is 25.6 Å². The second-order valence-electron chi connectivity index (χ2n) is 3.92. The fraction of sp³-hybridized carbons (Fsp3) is 0.167. The molecule has 98 valence electrons. The van der Waals surface area contributed by atoms with Crippen molar-refractivity contribution in [2.75, 3.05) is 0 Å². The Hall–Kier alpha value is -2.70. The molecule has 1 N–H and O–H groups in total. The number of hydrogen-bond donors (Lipinski definition) is 1. The van der Waals surface area contributed by atoms with E-state index in [1.54, 1.807) is 18.3 Å². The third kappa shape index (κ3) is 2.95. The van der Waals surface area contributed by atoms with Crippen LogP contribution in [-0.2, 0) is 13.0 Å². The maximum absolute atomic E-state index is 10.9. The van der Waals surface area contributed by atoms with Crippen LogP contribution in [0, 0.1) is 10.1 Å². The molecule has 1 aromatic carbocycles. The molecular weight excluding hydrogens is 250 g/mol. The van der Waals surface area contributed by atoms with Crippen molar-refractivity contribution in [3.8, 4) is 0 Å². The number of nitrogens with zero attached hydrogens (tertiary/aromatic N) is 3. The van der Waals surface area contributed by atoms with Crippen molar-refractivity contribution in [2.24, 2.45) is 0 Å². The third-order valence-corrected chi connectivity index (χ3v) is 2.70. The summed E-state index contributed by atoms with van der Waals surface area (Å²) in [5.74, 6) is -1.09. The molecule has 19 heavy (non-hydrogen) atoms. The van der Waals surface area contributed by atoms with Gasteiger partial charge in [-0.05, 0) is 12.0 Å². The molecule has 0 aliphatic carbocycles. The summed E-state index contributed by atoms with van der Waals surface area (Å²) in [6, 6.07) is 6.19. The van der Waals surface area contributed by atoms with E-state index in [9.17, 15) is 14.9 Å². The van der Waals surface area contributed by atoms with Crippen LogP contribution in [0.2, 0.25) is 0 Å². The molecule has 0 aliphatic rings. The number of nitro benzene ring substituents is 1. The predicted molar refractivity (Wildman–Crippen MR) is 66.0 cm³/mol. The zero-order valence-electron chi connectivity index (χ0n) is 9.89. The molecule has 1 aromatic heterocycles. The van der Waals surface area contributed by atoms with E-state index in [4.69, 9.17) is 5.11 Å². The highest BCUT2D eigenvalue weighted by atomic mass is 16.6. The number of non-ortho nitro benzene ring substituents is 1. The lowest BCUT2D eigenvalue weighted by Crippen LogP contribution is -2.10. The van der Waals surface area contributed by atoms with Gasteiger partial charge in [0.1, 0.15) is 0 Å². The van der Waals surface area contributed by atoms with Gasteiger partial charge in [-0.3, -0.25) is 10.1 Å². The van der Waals surface area contributed by atoms with E-state index in [0.29, 0.717) is 13.0 Å². The number of benzene rings is 1. The number of hydrogen-bond acceptors (Lipinski definition) is 4. The van der Waals surface area contributed by atoms with Gasteiger partial charge in [-0.1, -0.05) is 12.1 Å². The van der Waals surface area contributed by atoms with E-state index >= 15 is 0 Å². The minimum absolute atomic E-state index is 0.0121. The first kappa shape index (κ1) is 12.7. The molecule has 0 unspecified atom stereocenters. The van der Waals surface area contributed by atoms with Gasteiger partial charge in [-0.2, -0.15) is 0 Å². The van der Waals surface area contributed by atoms with Gasteiger partial charge in [0.05, 0.1) is 4.92 Å². The monoisotopic (exact) mass is 261 g/mol. The molecule has 0 spiro atoms. The third-order valence-electron chi connectivity index (χ3n) is 2.70. The van der Waals surface area contributed by atoms with Gasteiger partial charge in [0.2, 0.25) is 5.82 Å². The fourth-order valence-corrected chi connectivity index (χ4v) is 1.72. The standard InChI is InChI=1S/C12H11N3O4/c16-12(17)11-13-6-8-14(11)7-5-9-1-3-10(4-2-9)15(18)19/h1-4,6,8H,5,7H2,(H,16,17). The zero-order chi connectivity index (χ0) is 13.8. The minimum Gasteiger partial charge on any atom is -0.475 e. The van der Waals surface area contributed by atoms with Gasteiger partial charge in [0, 0.05) is 31.1 Å².